The van der Waals surface area contributed by atoms with E-state index in [0.717, 1.165) is 38.4 Å². The summed E-state index contributed by atoms with van der Waals surface area (Å²) in [7, 11) is 0. The van der Waals surface area contributed by atoms with Gasteiger partial charge in [0.05, 0.1) is 5.75 Å². The average Bonchev–Trinajstić information content (AvgIpc) is 2.67. The minimum absolute atomic E-state index is 0.0985. The number of nitrogens with one attached hydrogen (secondary N) is 1. The van der Waals surface area contributed by atoms with Crippen LogP contribution in [0.2, 0.25) is 0 Å². The SMILES string of the molecule is Cc1ccccc1SCC(=O)NC[C@@H]1CCCN(c2ncccn2)C1. The Hall–Kier alpha value is -2.08. The summed E-state index contributed by atoms with van der Waals surface area (Å²) in [5.41, 5.74) is 1.21. The van der Waals surface area contributed by atoms with Gasteiger partial charge in [-0.25, -0.2) is 9.97 Å². The molecule has 1 atom stereocenters. The summed E-state index contributed by atoms with van der Waals surface area (Å²) in [6.45, 7) is 4.67. The molecule has 5 nitrogen and oxygen atoms in total. The fraction of sp³-hybridized carbons (Fsp3) is 0.421. The first-order valence-corrected chi connectivity index (χ1v) is 9.68. The molecule has 1 aromatic carbocycles. The first-order valence-electron chi connectivity index (χ1n) is 8.69. The zero-order valence-corrected chi connectivity index (χ0v) is 15.3. The van der Waals surface area contributed by atoms with Crippen molar-refractivity contribution < 1.29 is 4.79 Å². The first-order chi connectivity index (χ1) is 12.2. The van der Waals surface area contributed by atoms with E-state index >= 15 is 0 Å². The number of hydrogen-bond donors (Lipinski definition) is 1. The van der Waals surface area contributed by atoms with Gasteiger partial charge < -0.3 is 10.2 Å². The van der Waals surface area contributed by atoms with Gasteiger partial charge in [-0.15, -0.1) is 11.8 Å². The fourth-order valence-corrected chi connectivity index (χ4v) is 3.90. The van der Waals surface area contributed by atoms with E-state index in [0.29, 0.717) is 11.7 Å². The number of hydrogen-bond acceptors (Lipinski definition) is 5. The molecule has 1 fully saturated rings. The maximum absolute atomic E-state index is 12.2. The molecule has 1 amide bonds. The summed E-state index contributed by atoms with van der Waals surface area (Å²) >= 11 is 1.60. The van der Waals surface area contributed by atoms with Crippen molar-refractivity contribution in [3.05, 3.63) is 48.3 Å². The fourth-order valence-electron chi connectivity index (χ4n) is 3.04. The first kappa shape index (κ1) is 17.7. The van der Waals surface area contributed by atoms with E-state index in [-0.39, 0.29) is 5.91 Å². The van der Waals surface area contributed by atoms with Crippen LogP contribution in [0.5, 0.6) is 0 Å². The number of rotatable bonds is 6. The zero-order valence-electron chi connectivity index (χ0n) is 14.5. The molecule has 1 saturated heterocycles. The minimum atomic E-state index is 0.0985. The third-order valence-electron chi connectivity index (χ3n) is 4.39. The van der Waals surface area contributed by atoms with Gasteiger partial charge in [0.15, 0.2) is 0 Å². The number of thioether (sulfide) groups is 1. The summed E-state index contributed by atoms with van der Waals surface area (Å²) in [6, 6.07) is 9.99. The Bertz CT molecular complexity index is 695. The topological polar surface area (TPSA) is 58.1 Å². The number of benzene rings is 1. The van der Waals surface area contributed by atoms with E-state index in [1.54, 1.807) is 24.2 Å². The lowest BCUT2D eigenvalue weighted by atomic mass is 9.98. The monoisotopic (exact) mass is 356 g/mol. The van der Waals surface area contributed by atoms with Crippen molar-refractivity contribution >= 4 is 23.6 Å². The van der Waals surface area contributed by atoms with E-state index in [4.69, 9.17) is 0 Å². The quantitative estimate of drug-likeness (QED) is 0.807. The summed E-state index contributed by atoms with van der Waals surface area (Å²) in [6.07, 6.45) is 5.79. The van der Waals surface area contributed by atoms with Gasteiger partial charge in [-0.1, -0.05) is 18.2 Å². The standard InChI is InChI=1S/C19H24N4OS/c1-15-6-2-3-8-17(15)25-14-18(24)22-12-16-7-4-11-23(13-16)19-20-9-5-10-21-19/h2-3,5-6,8-10,16H,4,7,11-14H2,1H3,(H,22,24)/t16-/m0/s1. The molecule has 1 aromatic heterocycles. The summed E-state index contributed by atoms with van der Waals surface area (Å²) in [4.78, 5) is 24.2. The van der Waals surface area contributed by atoms with E-state index < -0.39 is 0 Å². The second-order valence-electron chi connectivity index (χ2n) is 6.36. The van der Waals surface area contributed by atoms with Gasteiger partial charge in [0.1, 0.15) is 0 Å². The van der Waals surface area contributed by atoms with Crippen molar-refractivity contribution in [2.24, 2.45) is 5.92 Å². The number of aromatic nitrogens is 2. The van der Waals surface area contributed by atoms with Crippen LogP contribution in [-0.2, 0) is 4.79 Å². The van der Waals surface area contributed by atoms with Crippen molar-refractivity contribution in [1.29, 1.82) is 0 Å². The Kier molecular flexibility index (Phi) is 6.28. The third-order valence-corrected chi connectivity index (χ3v) is 5.57. The highest BCUT2D eigenvalue weighted by Gasteiger charge is 2.22. The van der Waals surface area contributed by atoms with Crippen LogP contribution in [0.4, 0.5) is 5.95 Å². The van der Waals surface area contributed by atoms with Crippen molar-refractivity contribution in [1.82, 2.24) is 15.3 Å². The molecule has 0 bridgehead atoms. The Morgan fingerprint density at radius 3 is 2.88 bits per heavy atom. The van der Waals surface area contributed by atoms with Crippen LogP contribution in [0.3, 0.4) is 0 Å². The maximum Gasteiger partial charge on any atom is 0.230 e. The Morgan fingerprint density at radius 1 is 1.28 bits per heavy atom. The Labute approximate surface area is 153 Å². The van der Waals surface area contributed by atoms with Gasteiger partial charge in [0.2, 0.25) is 11.9 Å². The number of carbonyl (C=O) groups is 1. The lowest BCUT2D eigenvalue weighted by molar-refractivity contribution is -0.118. The molecule has 6 heteroatoms. The van der Waals surface area contributed by atoms with Crippen LogP contribution in [0.15, 0.2) is 47.6 Å². The molecule has 0 spiro atoms. The van der Waals surface area contributed by atoms with Crippen molar-refractivity contribution in [3.63, 3.8) is 0 Å². The molecule has 1 N–H and O–H groups in total. The van der Waals surface area contributed by atoms with E-state index in [1.165, 1.54) is 10.5 Å². The third kappa shape index (κ3) is 5.19. The smallest absolute Gasteiger partial charge is 0.230 e. The lowest BCUT2D eigenvalue weighted by Crippen LogP contribution is -2.42. The highest BCUT2D eigenvalue weighted by Crippen LogP contribution is 2.22. The Morgan fingerprint density at radius 2 is 2.08 bits per heavy atom. The molecule has 0 radical (unpaired) electrons. The second-order valence-corrected chi connectivity index (χ2v) is 7.38. The van der Waals surface area contributed by atoms with E-state index in [9.17, 15) is 4.79 Å². The van der Waals surface area contributed by atoms with Crippen LogP contribution in [-0.4, -0.2) is 41.3 Å². The maximum atomic E-state index is 12.2. The molecule has 0 unspecified atom stereocenters. The molecule has 3 rings (SSSR count). The highest BCUT2D eigenvalue weighted by molar-refractivity contribution is 8.00. The molecule has 132 valence electrons. The van der Waals surface area contributed by atoms with E-state index in [2.05, 4.69) is 39.2 Å². The number of nitrogens with zero attached hydrogens (tertiary/aromatic N) is 3. The van der Waals surface area contributed by atoms with Gasteiger partial charge >= 0.3 is 0 Å². The number of amides is 1. The van der Waals surface area contributed by atoms with Crippen molar-refractivity contribution in [2.75, 3.05) is 30.3 Å². The second kappa shape index (κ2) is 8.85. The van der Waals surface area contributed by atoms with Gasteiger partial charge in [0, 0.05) is 36.9 Å². The molecule has 1 aliphatic rings. The van der Waals surface area contributed by atoms with Gasteiger partial charge in [-0.3, -0.25) is 4.79 Å². The van der Waals surface area contributed by atoms with Crippen LogP contribution >= 0.6 is 11.8 Å². The lowest BCUT2D eigenvalue weighted by Gasteiger charge is -2.32. The Balaban J connectivity index is 1.43. The molecule has 0 saturated carbocycles. The van der Waals surface area contributed by atoms with Gasteiger partial charge in [0.25, 0.3) is 0 Å². The summed E-state index contributed by atoms with van der Waals surface area (Å²) < 4.78 is 0. The van der Waals surface area contributed by atoms with Crippen LogP contribution in [0.25, 0.3) is 0 Å². The minimum Gasteiger partial charge on any atom is -0.355 e. The number of piperidine rings is 1. The molecule has 0 aliphatic carbocycles. The summed E-state index contributed by atoms with van der Waals surface area (Å²) in [5.74, 6) is 1.79. The predicted octanol–water partition coefficient (Wildman–Crippen LogP) is 2.91. The van der Waals surface area contributed by atoms with Crippen LogP contribution in [0, 0.1) is 12.8 Å². The molecule has 25 heavy (non-hydrogen) atoms. The number of carbonyl (C=O) groups excluding carboxylic acids is 1. The van der Waals surface area contributed by atoms with Crippen molar-refractivity contribution in [3.8, 4) is 0 Å². The number of aryl methyl sites for hydroxylation is 1. The van der Waals surface area contributed by atoms with Gasteiger partial charge in [-0.2, -0.15) is 0 Å². The molecule has 2 heterocycles. The van der Waals surface area contributed by atoms with Crippen LogP contribution in [0.1, 0.15) is 18.4 Å². The molecular weight excluding hydrogens is 332 g/mol. The highest BCUT2D eigenvalue weighted by atomic mass is 32.2. The largest absolute Gasteiger partial charge is 0.355 e. The number of anilines is 1. The van der Waals surface area contributed by atoms with Gasteiger partial charge in [-0.05, 0) is 43.4 Å². The summed E-state index contributed by atoms with van der Waals surface area (Å²) in [5, 5.41) is 3.09. The molecule has 2 aromatic rings. The normalized spacial score (nSPS) is 17.3. The predicted molar refractivity (Wildman–Crippen MR) is 102 cm³/mol. The zero-order chi connectivity index (χ0) is 17.5. The van der Waals surface area contributed by atoms with Crippen molar-refractivity contribution in [2.45, 2.75) is 24.7 Å². The molecule has 1 aliphatic heterocycles. The average molecular weight is 356 g/mol. The van der Waals surface area contributed by atoms with E-state index in [1.807, 2.05) is 18.2 Å². The van der Waals surface area contributed by atoms with Crippen LogP contribution < -0.4 is 10.2 Å². The molecular formula is C19H24N4OS.